The molecule has 4 aromatic heterocycles. The van der Waals surface area contributed by atoms with Crippen molar-refractivity contribution in [3.63, 3.8) is 0 Å². The lowest BCUT2D eigenvalue weighted by Gasteiger charge is -2.23. The topological polar surface area (TPSA) is 0 Å². The van der Waals surface area contributed by atoms with E-state index in [0.717, 1.165) is 0 Å². The molecule has 4 rings (SSSR count). The maximum Gasteiger partial charge on any atom is 0.0494 e. The van der Waals surface area contributed by atoms with Crippen molar-refractivity contribution in [2.45, 2.75) is 38.5 Å². The normalized spacial score (nSPS) is 13.0. The number of thiophene rings is 4. The molecule has 0 radical (unpaired) electrons. The van der Waals surface area contributed by atoms with Gasteiger partial charge in [-0.3, -0.25) is 0 Å². The second-order valence-electron chi connectivity index (χ2n) is 7.23. The Kier molecular flexibility index (Phi) is 4.00. The Balaban J connectivity index is 1.85. The lowest BCUT2D eigenvalue weighted by atomic mass is 9.79. The van der Waals surface area contributed by atoms with E-state index in [4.69, 9.17) is 0 Å². The van der Waals surface area contributed by atoms with Crippen molar-refractivity contribution in [2.24, 2.45) is 0 Å². The van der Waals surface area contributed by atoms with E-state index in [1.54, 1.807) is 22.7 Å². The van der Waals surface area contributed by atoms with E-state index in [2.05, 4.69) is 72.1 Å². The number of hydrogen-bond acceptors (Lipinski definition) is 4. The maximum absolute atomic E-state index is 2.38. The summed E-state index contributed by atoms with van der Waals surface area (Å²) in [4.78, 5) is 0. The van der Waals surface area contributed by atoms with Gasteiger partial charge in [-0.15, -0.1) is 22.7 Å². The van der Waals surface area contributed by atoms with Crippen molar-refractivity contribution in [3.8, 4) is 0 Å². The highest BCUT2D eigenvalue weighted by molar-refractivity contribution is 7.26. The van der Waals surface area contributed by atoms with Crippen LogP contribution in [0.4, 0.5) is 0 Å². The first kappa shape index (κ1) is 16.5. The van der Waals surface area contributed by atoms with Gasteiger partial charge in [-0.2, -0.15) is 22.7 Å². The number of hydrogen-bond donors (Lipinski definition) is 0. The van der Waals surface area contributed by atoms with Crippen LogP contribution in [0, 0.1) is 0 Å². The Hall–Kier alpha value is -0.940. The third kappa shape index (κ3) is 2.43. The molecule has 0 saturated heterocycles. The lowest BCUT2D eigenvalue weighted by molar-refractivity contribution is 0.650. The molecule has 0 atom stereocenters. The van der Waals surface area contributed by atoms with Crippen LogP contribution in [-0.2, 0) is 10.8 Å². The zero-order valence-electron chi connectivity index (χ0n) is 14.3. The van der Waals surface area contributed by atoms with Crippen molar-refractivity contribution in [1.82, 2.24) is 0 Å². The fourth-order valence-electron chi connectivity index (χ4n) is 3.23. The van der Waals surface area contributed by atoms with Gasteiger partial charge in [0, 0.05) is 20.2 Å². The average Bonchev–Trinajstić information content (AvgIpc) is 3.29. The fraction of sp³-hybridized carbons (Fsp3) is 0.300. The smallest absolute Gasteiger partial charge is 0.0494 e. The summed E-state index contributed by atoms with van der Waals surface area (Å²) < 4.78 is 2.93. The Morgan fingerprint density at radius 3 is 1.38 bits per heavy atom. The predicted molar refractivity (Wildman–Crippen MR) is 113 cm³/mol. The number of rotatable bonds is 4. The van der Waals surface area contributed by atoms with Crippen molar-refractivity contribution >= 4 is 54.7 Å². The molecule has 0 fully saturated rings. The van der Waals surface area contributed by atoms with Crippen LogP contribution in [0.1, 0.15) is 49.9 Å². The second-order valence-corrected chi connectivity index (χ2v) is 10.6. The molecule has 0 bridgehead atoms. The number of fused-ring (bicyclic) bond motifs is 1. The summed E-state index contributed by atoms with van der Waals surface area (Å²) in [6.45, 7) is 9.39. The SMILES string of the molecule is CC(C)(c1ccsc1)c1csc2c(C(C)(C)c3ccsc3)csc12. The van der Waals surface area contributed by atoms with Crippen LogP contribution >= 0.6 is 45.3 Å². The molecule has 124 valence electrons. The zero-order chi connectivity index (χ0) is 16.9. The highest BCUT2D eigenvalue weighted by Gasteiger charge is 2.32. The van der Waals surface area contributed by atoms with Crippen molar-refractivity contribution < 1.29 is 0 Å². The minimum Gasteiger partial charge on any atom is -0.152 e. The Morgan fingerprint density at radius 1 is 0.625 bits per heavy atom. The molecule has 0 spiro atoms. The molecule has 4 heterocycles. The van der Waals surface area contributed by atoms with Gasteiger partial charge in [0.25, 0.3) is 0 Å². The Labute approximate surface area is 159 Å². The van der Waals surface area contributed by atoms with Gasteiger partial charge in [0.2, 0.25) is 0 Å². The molecule has 0 aromatic carbocycles. The van der Waals surface area contributed by atoms with Gasteiger partial charge in [0.1, 0.15) is 0 Å². The molecule has 0 saturated carbocycles. The van der Waals surface area contributed by atoms with Gasteiger partial charge in [-0.25, -0.2) is 0 Å². The zero-order valence-corrected chi connectivity index (χ0v) is 17.5. The van der Waals surface area contributed by atoms with Gasteiger partial charge in [0.05, 0.1) is 0 Å². The van der Waals surface area contributed by atoms with Crippen molar-refractivity contribution in [1.29, 1.82) is 0 Å². The predicted octanol–water partition coefficient (Wildman–Crippen LogP) is 7.74. The van der Waals surface area contributed by atoms with Gasteiger partial charge < -0.3 is 0 Å². The van der Waals surface area contributed by atoms with E-state index in [1.807, 2.05) is 22.7 Å². The summed E-state index contributed by atoms with van der Waals surface area (Å²) in [5, 5.41) is 13.7. The molecule has 0 aliphatic heterocycles. The highest BCUT2D eigenvalue weighted by Crippen LogP contribution is 2.47. The van der Waals surface area contributed by atoms with Crippen molar-refractivity contribution in [3.05, 3.63) is 66.7 Å². The molecule has 0 unspecified atom stereocenters. The minimum atomic E-state index is 0.0624. The highest BCUT2D eigenvalue weighted by atomic mass is 32.1. The lowest BCUT2D eigenvalue weighted by Crippen LogP contribution is -2.17. The van der Waals surface area contributed by atoms with Crippen LogP contribution in [0.3, 0.4) is 0 Å². The summed E-state index contributed by atoms with van der Waals surface area (Å²) in [6, 6.07) is 4.52. The first-order chi connectivity index (χ1) is 11.4. The molecule has 0 nitrogen and oxygen atoms in total. The monoisotopic (exact) mass is 388 g/mol. The van der Waals surface area contributed by atoms with E-state index >= 15 is 0 Å². The van der Waals surface area contributed by atoms with Crippen LogP contribution in [0.15, 0.2) is 44.4 Å². The van der Waals surface area contributed by atoms with Gasteiger partial charge in [-0.1, -0.05) is 27.7 Å². The molecule has 4 heteroatoms. The summed E-state index contributed by atoms with van der Waals surface area (Å²) in [5.41, 5.74) is 5.90. The van der Waals surface area contributed by atoms with E-state index in [-0.39, 0.29) is 10.8 Å². The van der Waals surface area contributed by atoms with Gasteiger partial charge in [0.15, 0.2) is 0 Å². The summed E-state index contributed by atoms with van der Waals surface area (Å²) in [5.74, 6) is 0. The molecule has 4 aromatic rings. The summed E-state index contributed by atoms with van der Waals surface area (Å²) in [7, 11) is 0. The third-order valence-corrected chi connectivity index (χ3v) is 8.64. The molecular formula is C20H20S4. The van der Waals surface area contributed by atoms with Crippen LogP contribution in [0.25, 0.3) is 9.40 Å². The fourth-order valence-corrected chi connectivity index (χ4v) is 7.93. The minimum absolute atomic E-state index is 0.0624. The Bertz CT molecular complexity index is 867. The summed E-state index contributed by atoms with van der Waals surface area (Å²) >= 11 is 7.40. The van der Waals surface area contributed by atoms with E-state index in [1.165, 1.54) is 31.7 Å². The Morgan fingerprint density at radius 2 is 1.04 bits per heavy atom. The van der Waals surface area contributed by atoms with Crippen LogP contribution in [0.2, 0.25) is 0 Å². The molecule has 0 amide bonds. The first-order valence-corrected chi connectivity index (χ1v) is 11.6. The van der Waals surface area contributed by atoms with E-state index in [0.29, 0.717) is 0 Å². The van der Waals surface area contributed by atoms with E-state index in [9.17, 15) is 0 Å². The second kappa shape index (κ2) is 5.80. The summed E-state index contributed by atoms with van der Waals surface area (Å²) in [6.07, 6.45) is 0. The quantitative estimate of drug-likeness (QED) is 0.335. The standard InChI is InChI=1S/C20H20S4/c1-19(2,13-5-7-21-9-13)15-11-23-18-16(12-24-17(15)18)20(3,4)14-6-8-22-10-14/h5-12H,1-4H3. The van der Waals surface area contributed by atoms with Crippen LogP contribution < -0.4 is 0 Å². The van der Waals surface area contributed by atoms with Crippen LogP contribution in [-0.4, -0.2) is 0 Å². The molecule has 0 aliphatic carbocycles. The van der Waals surface area contributed by atoms with Gasteiger partial charge in [-0.05, 0) is 66.7 Å². The van der Waals surface area contributed by atoms with Gasteiger partial charge >= 0.3 is 0 Å². The molecule has 0 N–H and O–H groups in total. The van der Waals surface area contributed by atoms with E-state index < -0.39 is 0 Å². The third-order valence-electron chi connectivity index (χ3n) is 5.12. The largest absolute Gasteiger partial charge is 0.152 e. The molecule has 24 heavy (non-hydrogen) atoms. The first-order valence-electron chi connectivity index (χ1n) is 7.97. The van der Waals surface area contributed by atoms with Crippen LogP contribution in [0.5, 0.6) is 0 Å². The average molecular weight is 389 g/mol. The molecular weight excluding hydrogens is 368 g/mol. The maximum atomic E-state index is 2.38. The van der Waals surface area contributed by atoms with Crippen molar-refractivity contribution in [2.75, 3.05) is 0 Å². The molecule has 0 aliphatic rings.